The molecular formula is C19H22FNO3. The van der Waals surface area contributed by atoms with Crippen LogP contribution in [-0.2, 0) is 6.54 Å². The maximum Gasteiger partial charge on any atom is 0.165 e. The summed E-state index contributed by atoms with van der Waals surface area (Å²) in [6.07, 6.45) is 0.274. The Bertz CT molecular complexity index is 707. The Morgan fingerprint density at radius 2 is 2.00 bits per heavy atom. The molecular weight excluding hydrogens is 309 g/mol. The monoisotopic (exact) mass is 331 g/mol. The predicted molar refractivity (Wildman–Crippen MR) is 89.7 cm³/mol. The maximum atomic E-state index is 13.9. The highest BCUT2D eigenvalue weighted by Gasteiger charge is 2.32. The Kier molecular flexibility index (Phi) is 5.02. The van der Waals surface area contributed by atoms with Gasteiger partial charge in [0, 0.05) is 19.1 Å². The summed E-state index contributed by atoms with van der Waals surface area (Å²) in [5.74, 6) is 0.668. The summed E-state index contributed by atoms with van der Waals surface area (Å²) in [4.78, 5) is 2.17. The molecule has 1 heterocycles. The second kappa shape index (κ2) is 7.20. The van der Waals surface area contributed by atoms with Crippen LogP contribution in [0.4, 0.5) is 4.39 Å². The Labute approximate surface area is 141 Å². The number of aliphatic hydroxyl groups is 1. The lowest BCUT2D eigenvalue weighted by Crippen LogP contribution is -2.24. The average molecular weight is 331 g/mol. The molecule has 1 fully saturated rings. The van der Waals surface area contributed by atoms with E-state index < -0.39 is 0 Å². The highest BCUT2D eigenvalue weighted by Crippen LogP contribution is 2.35. The van der Waals surface area contributed by atoms with Crippen molar-refractivity contribution in [3.63, 3.8) is 0 Å². The Morgan fingerprint density at radius 3 is 2.71 bits per heavy atom. The van der Waals surface area contributed by atoms with Crippen molar-refractivity contribution in [3.8, 4) is 11.5 Å². The maximum absolute atomic E-state index is 13.9. The van der Waals surface area contributed by atoms with Gasteiger partial charge in [0.2, 0.25) is 0 Å². The fourth-order valence-electron chi connectivity index (χ4n) is 3.29. The molecule has 0 bridgehead atoms. The van der Waals surface area contributed by atoms with Gasteiger partial charge in [-0.15, -0.1) is 0 Å². The second-order valence-corrected chi connectivity index (χ2v) is 6.08. The molecule has 0 spiro atoms. The quantitative estimate of drug-likeness (QED) is 0.914. The minimum atomic E-state index is -0.385. The largest absolute Gasteiger partial charge is 0.497 e. The third kappa shape index (κ3) is 3.52. The number of aliphatic hydroxyl groups excluding tert-OH is 1. The van der Waals surface area contributed by atoms with E-state index in [0.29, 0.717) is 19.5 Å². The van der Waals surface area contributed by atoms with E-state index in [1.54, 1.807) is 13.2 Å². The van der Waals surface area contributed by atoms with E-state index in [0.717, 1.165) is 16.9 Å². The molecule has 0 aliphatic carbocycles. The zero-order valence-corrected chi connectivity index (χ0v) is 13.9. The van der Waals surface area contributed by atoms with Gasteiger partial charge in [0.05, 0.1) is 20.3 Å². The van der Waals surface area contributed by atoms with Crippen LogP contribution in [0.25, 0.3) is 0 Å². The van der Waals surface area contributed by atoms with Gasteiger partial charge in [-0.05, 0) is 41.8 Å². The average Bonchev–Trinajstić information content (AvgIpc) is 2.95. The van der Waals surface area contributed by atoms with Gasteiger partial charge in [-0.25, -0.2) is 4.39 Å². The van der Waals surface area contributed by atoms with Crippen LogP contribution in [0.3, 0.4) is 0 Å². The van der Waals surface area contributed by atoms with Gasteiger partial charge < -0.3 is 14.6 Å². The fourth-order valence-corrected chi connectivity index (χ4v) is 3.29. The van der Waals surface area contributed by atoms with Gasteiger partial charge in [0.1, 0.15) is 5.75 Å². The van der Waals surface area contributed by atoms with E-state index >= 15 is 0 Å². The molecule has 0 amide bonds. The topological polar surface area (TPSA) is 41.9 Å². The SMILES string of the molecule is COc1cccc([C@@H]2C[C@H](O)CN2Cc2ccc(OC)c(F)c2)c1. The van der Waals surface area contributed by atoms with Crippen LogP contribution < -0.4 is 9.47 Å². The molecule has 0 unspecified atom stereocenters. The summed E-state index contributed by atoms with van der Waals surface area (Å²) in [6, 6.07) is 12.9. The standard InChI is InChI=1S/C19H22FNO3/c1-23-16-5-3-4-14(9-16)18-10-15(22)12-21(18)11-13-6-7-19(24-2)17(20)8-13/h3-9,15,18,22H,10-12H2,1-2H3/t15-,18-/m0/s1. The molecule has 1 aliphatic heterocycles. The molecule has 2 aromatic carbocycles. The van der Waals surface area contributed by atoms with Gasteiger partial charge in [-0.3, -0.25) is 4.90 Å². The number of rotatable bonds is 5. The molecule has 0 aromatic heterocycles. The van der Waals surface area contributed by atoms with Gasteiger partial charge in [-0.1, -0.05) is 18.2 Å². The van der Waals surface area contributed by atoms with Crippen LogP contribution in [0.1, 0.15) is 23.6 Å². The van der Waals surface area contributed by atoms with E-state index in [1.807, 2.05) is 30.3 Å². The van der Waals surface area contributed by atoms with E-state index in [9.17, 15) is 9.50 Å². The lowest BCUT2D eigenvalue weighted by atomic mass is 10.0. The molecule has 1 saturated heterocycles. The van der Waals surface area contributed by atoms with Crippen molar-refractivity contribution in [1.29, 1.82) is 0 Å². The van der Waals surface area contributed by atoms with Gasteiger partial charge in [-0.2, -0.15) is 0 Å². The van der Waals surface area contributed by atoms with E-state index in [2.05, 4.69) is 4.90 Å². The molecule has 0 saturated carbocycles. The summed E-state index contributed by atoms with van der Waals surface area (Å²) < 4.78 is 24.2. The summed E-state index contributed by atoms with van der Waals surface area (Å²) in [6.45, 7) is 1.13. The van der Waals surface area contributed by atoms with Gasteiger partial charge >= 0.3 is 0 Å². The van der Waals surface area contributed by atoms with E-state index in [4.69, 9.17) is 9.47 Å². The third-order valence-corrected chi connectivity index (χ3v) is 4.46. The molecule has 2 atom stereocenters. The molecule has 0 radical (unpaired) electrons. The lowest BCUT2D eigenvalue weighted by molar-refractivity contribution is 0.172. The first-order valence-corrected chi connectivity index (χ1v) is 7.99. The van der Waals surface area contributed by atoms with Crippen molar-refractivity contribution in [1.82, 2.24) is 4.90 Å². The van der Waals surface area contributed by atoms with Gasteiger partial charge in [0.15, 0.2) is 11.6 Å². The van der Waals surface area contributed by atoms with Crippen LogP contribution in [-0.4, -0.2) is 36.9 Å². The number of methoxy groups -OCH3 is 2. The van der Waals surface area contributed by atoms with Crippen molar-refractivity contribution in [2.24, 2.45) is 0 Å². The van der Waals surface area contributed by atoms with Gasteiger partial charge in [0.25, 0.3) is 0 Å². The van der Waals surface area contributed by atoms with E-state index in [-0.39, 0.29) is 23.7 Å². The highest BCUT2D eigenvalue weighted by molar-refractivity contribution is 5.32. The number of likely N-dealkylation sites (tertiary alicyclic amines) is 1. The Hall–Kier alpha value is -2.11. The third-order valence-electron chi connectivity index (χ3n) is 4.46. The summed E-state index contributed by atoms with van der Waals surface area (Å²) in [5.41, 5.74) is 1.95. The molecule has 4 nitrogen and oxygen atoms in total. The number of hydrogen-bond acceptors (Lipinski definition) is 4. The normalized spacial score (nSPS) is 21.0. The summed E-state index contributed by atoms with van der Waals surface area (Å²) in [5, 5.41) is 10.1. The number of ether oxygens (including phenoxy) is 2. The van der Waals surface area contributed by atoms with Crippen LogP contribution >= 0.6 is 0 Å². The number of β-amino-alcohol motifs (C(OH)–C–C–N with tert-alkyl or cyclic N) is 1. The minimum Gasteiger partial charge on any atom is -0.497 e. The first kappa shape index (κ1) is 16.7. The number of halogens is 1. The summed E-state index contributed by atoms with van der Waals surface area (Å²) >= 11 is 0. The molecule has 24 heavy (non-hydrogen) atoms. The number of nitrogens with zero attached hydrogens (tertiary/aromatic N) is 1. The molecule has 128 valence electrons. The zero-order chi connectivity index (χ0) is 17.1. The summed E-state index contributed by atoms with van der Waals surface area (Å²) in [7, 11) is 3.09. The molecule has 2 aromatic rings. The zero-order valence-electron chi connectivity index (χ0n) is 13.9. The Morgan fingerprint density at radius 1 is 1.17 bits per heavy atom. The van der Waals surface area contributed by atoms with Crippen molar-refractivity contribution >= 4 is 0 Å². The number of benzene rings is 2. The van der Waals surface area contributed by atoms with Crippen molar-refractivity contribution < 1.29 is 19.0 Å². The molecule has 5 heteroatoms. The fraction of sp³-hybridized carbons (Fsp3) is 0.368. The van der Waals surface area contributed by atoms with Crippen molar-refractivity contribution in [2.45, 2.75) is 25.1 Å². The predicted octanol–water partition coefficient (Wildman–Crippen LogP) is 3.15. The highest BCUT2D eigenvalue weighted by atomic mass is 19.1. The molecule has 1 N–H and O–H groups in total. The van der Waals surface area contributed by atoms with E-state index in [1.165, 1.54) is 13.2 Å². The first-order chi connectivity index (χ1) is 11.6. The van der Waals surface area contributed by atoms with Crippen molar-refractivity contribution in [3.05, 3.63) is 59.4 Å². The Balaban J connectivity index is 1.81. The van der Waals surface area contributed by atoms with Crippen LogP contribution in [0.15, 0.2) is 42.5 Å². The van der Waals surface area contributed by atoms with Crippen LogP contribution in [0.5, 0.6) is 11.5 Å². The molecule has 1 aliphatic rings. The first-order valence-electron chi connectivity index (χ1n) is 7.99. The second-order valence-electron chi connectivity index (χ2n) is 6.08. The van der Waals surface area contributed by atoms with Crippen LogP contribution in [0, 0.1) is 5.82 Å². The van der Waals surface area contributed by atoms with Crippen molar-refractivity contribution in [2.75, 3.05) is 20.8 Å². The minimum absolute atomic E-state index is 0.0836. The lowest BCUT2D eigenvalue weighted by Gasteiger charge is -2.25. The molecule has 3 rings (SSSR count). The number of hydrogen-bond donors (Lipinski definition) is 1. The smallest absolute Gasteiger partial charge is 0.165 e. The van der Waals surface area contributed by atoms with Crippen LogP contribution in [0.2, 0.25) is 0 Å².